The quantitative estimate of drug-likeness (QED) is 0.229. The van der Waals surface area contributed by atoms with Crippen molar-refractivity contribution in [3.05, 3.63) is 70.4 Å². The first-order valence-corrected chi connectivity index (χ1v) is 14.4. The molecular formula is C27H28N6O3S2. The van der Waals surface area contributed by atoms with Gasteiger partial charge in [0.2, 0.25) is 0 Å². The van der Waals surface area contributed by atoms with E-state index in [0.29, 0.717) is 49.8 Å². The fourth-order valence-corrected chi connectivity index (χ4v) is 6.05. The minimum Gasteiger partial charge on any atom is -0.466 e. The molecule has 196 valence electrons. The van der Waals surface area contributed by atoms with Crippen LogP contribution in [0.2, 0.25) is 0 Å². The standard InChI is InChI=1S/C27H28N6O3S2/c1-3-36-26(35)19-10-13-32(14-11-19)25(34)22-16-37-23(29-22)17-38-27-31-30-24(20-5-4-12-28-15-20)33(27)21-8-6-18(2)7-9-21/h4-9,12,15-16,19H,3,10-11,13-14,17H2,1-2H3. The monoisotopic (exact) mass is 548 g/mol. The van der Waals surface area contributed by atoms with Gasteiger partial charge in [0.1, 0.15) is 10.7 Å². The van der Waals surface area contributed by atoms with Crippen molar-refractivity contribution in [1.82, 2.24) is 29.6 Å². The average molecular weight is 549 g/mol. The van der Waals surface area contributed by atoms with E-state index in [1.54, 1.807) is 29.6 Å². The van der Waals surface area contributed by atoms with Crippen LogP contribution in [-0.2, 0) is 15.3 Å². The zero-order chi connectivity index (χ0) is 26.5. The van der Waals surface area contributed by atoms with Gasteiger partial charge in [-0.3, -0.25) is 19.1 Å². The van der Waals surface area contributed by atoms with E-state index in [0.717, 1.165) is 21.4 Å². The van der Waals surface area contributed by atoms with Crippen molar-refractivity contribution in [1.29, 1.82) is 0 Å². The molecule has 0 aliphatic carbocycles. The molecule has 38 heavy (non-hydrogen) atoms. The van der Waals surface area contributed by atoms with Crippen molar-refractivity contribution in [2.75, 3.05) is 19.7 Å². The number of esters is 1. The number of likely N-dealkylation sites (tertiary alicyclic amines) is 1. The normalized spacial score (nSPS) is 14.0. The highest BCUT2D eigenvalue weighted by atomic mass is 32.2. The van der Waals surface area contributed by atoms with Crippen LogP contribution in [0.25, 0.3) is 17.1 Å². The summed E-state index contributed by atoms with van der Waals surface area (Å²) in [5, 5.41) is 12.3. The number of ether oxygens (including phenoxy) is 1. The van der Waals surface area contributed by atoms with Crippen molar-refractivity contribution in [2.24, 2.45) is 5.92 Å². The van der Waals surface area contributed by atoms with E-state index in [4.69, 9.17) is 4.74 Å². The number of aryl methyl sites for hydroxylation is 1. The second-order valence-electron chi connectivity index (χ2n) is 8.95. The van der Waals surface area contributed by atoms with Crippen LogP contribution < -0.4 is 0 Å². The van der Waals surface area contributed by atoms with Crippen molar-refractivity contribution in [3.8, 4) is 17.1 Å². The Kier molecular flexibility index (Phi) is 8.14. The summed E-state index contributed by atoms with van der Waals surface area (Å²) in [7, 11) is 0. The van der Waals surface area contributed by atoms with E-state index >= 15 is 0 Å². The largest absolute Gasteiger partial charge is 0.466 e. The molecule has 4 aromatic rings. The first-order chi connectivity index (χ1) is 18.5. The molecule has 3 aromatic heterocycles. The maximum Gasteiger partial charge on any atom is 0.309 e. The van der Waals surface area contributed by atoms with Crippen molar-refractivity contribution in [2.45, 2.75) is 37.6 Å². The lowest BCUT2D eigenvalue weighted by Crippen LogP contribution is -2.40. The predicted octanol–water partition coefficient (Wildman–Crippen LogP) is 4.80. The summed E-state index contributed by atoms with van der Waals surface area (Å²) in [6.45, 7) is 5.30. The Labute approximate surface area is 229 Å². The molecular weight excluding hydrogens is 520 g/mol. The average Bonchev–Trinajstić information content (AvgIpc) is 3.60. The molecule has 1 aliphatic heterocycles. The zero-order valence-corrected chi connectivity index (χ0v) is 22.9. The lowest BCUT2D eigenvalue weighted by atomic mass is 9.97. The Bertz CT molecular complexity index is 1400. The summed E-state index contributed by atoms with van der Waals surface area (Å²) in [5.41, 5.74) is 3.45. The maximum absolute atomic E-state index is 13.0. The van der Waals surface area contributed by atoms with E-state index < -0.39 is 0 Å². The van der Waals surface area contributed by atoms with Gasteiger partial charge in [0.05, 0.1) is 18.3 Å². The van der Waals surface area contributed by atoms with Gasteiger partial charge in [-0.1, -0.05) is 29.5 Å². The molecule has 0 saturated carbocycles. The van der Waals surface area contributed by atoms with Gasteiger partial charge in [-0.15, -0.1) is 21.5 Å². The number of carbonyl (C=O) groups excluding carboxylic acids is 2. The minimum atomic E-state index is -0.169. The van der Waals surface area contributed by atoms with Crippen molar-refractivity contribution >= 4 is 35.0 Å². The Morgan fingerprint density at radius 1 is 1.13 bits per heavy atom. The second-order valence-corrected chi connectivity index (χ2v) is 10.8. The topological polar surface area (TPSA) is 103 Å². The molecule has 9 nitrogen and oxygen atoms in total. The summed E-state index contributed by atoms with van der Waals surface area (Å²) < 4.78 is 7.15. The van der Waals surface area contributed by atoms with Crippen LogP contribution in [0.1, 0.15) is 40.8 Å². The Hall–Kier alpha value is -3.57. The van der Waals surface area contributed by atoms with Gasteiger partial charge in [0.15, 0.2) is 11.0 Å². The number of benzene rings is 1. The fourth-order valence-electron chi connectivity index (χ4n) is 4.31. The fraction of sp³-hybridized carbons (Fsp3) is 0.333. The summed E-state index contributed by atoms with van der Waals surface area (Å²) in [6.07, 6.45) is 4.74. The number of hydrogen-bond donors (Lipinski definition) is 0. The van der Waals surface area contributed by atoms with Crippen LogP contribution in [0.3, 0.4) is 0 Å². The number of piperidine rings is 1. The predicted molar refractivity (Wildman–Crippen MR) is 146 cm³/mol. The SMILES string of the molecule is CCOC(=O)C1CCN(C(=O)c2csc(CSc3nnc(-c4cccnc4)n3-c3ccc(C)cc3)n2)CC1. The molecule has 1 amide bonds. The molecule has 11 heteroatoms. The van der Waals surface area contributed by atoms with E-state index in [9.17, 15) is 9.59 Å². The van der Waals surface area contributed by atoms with E-state index in [-0.39, 0.29) is 17.8 Å². The molecule has 1 fully saturated rings. The molecule has 0 spiro atoms. The van der Waals surface area contributed by atoms with Crippen LogP contribution in [0.4, 0.5) is 0 Å². The molecule has 1 aliphatic rings. The number of amides is 1. The van der Waals surface area contributed by atoms with Gasteiger partial charge >= 0.3 is 5.97 Å². The lowest BCUT2D eigenvalue weighted by molar-refractivity contribution is -0.149. The maximum atomic E-state index is 13.0. The van der Waals surface area contributed by atoms with Gasteiger partial charge in [0.25, 0.3) is 5.91 Å². The summed E-state index contributed by atoms with van der Waals surface area (Å²) >= 11 is 2.98. The van der Waals surface area contributed by atoms with Gasteiger partial charge < -0.3 is 9.64 Å². The van der Waals surface area contributed by atoms with E-state index in [2.05, 4.69) is 39.2 Å². The number of carbonyl (C=O) groups is 2. The second kappa shape index (κ2) is 11.9. The number of pyridine rings is 1. The van der Waals surface area contributed by atoms with Gasteiger partial charge in [0, 0.05) is 42.1 Å². The minimum absolute atomic E-state index is 0.0958. The highest BCUT2D eigenvalue weighted by molar-refractivity contribution is 7.98. The third kappa shape index (κ3) is 5.78. The summed E-state index contributed by atoms with van der Waals surface area (Å²) in [6, 6.07) is 12.1. The molecule has 0 N–H and O–H groups in total. The smallest absolute Gasteiger partial charge is 0.309 e. The number of nitrogens with zero attached hydrogens (tertiary/aromatic N) is 6. The molecule has 0 unspecified atom stereocenters. The van der Waals surface area contributed by atoms with Crippen LogP contribution in [0, 0.1) is 12.8 Å². The van der Waals surface area contributed by atoms with Gasteiger partial charge in [-0.05, 0) is 51.0 Å². The number of thioether (sulfide) groups is 1. The first kappa shape index (κ1) is 26.1. The van der Waals surface area contributed by atoms with E-state index in [1.165, 1.54) is 28.7 Å². The van der Waals surface area contributed by atoms with Crippen LogP contribution in [0.5, 0.6) is 0 Å². The van der Waals surface area contributed by atoms with Crippen LogP contribution in [-0.4, -0.2) is 61.2 Å². The molecule has 4 heterocycles. The number of hydrogen-bond acceptors (Lipinski definition) is 9. The molecule has 0 radical (unpaired) electrons. The highest BCUT2D eigenvalue weighted by Gasteiger charge is 2.29. The van der Waals surface area contributed by atoms with Gasteiger partial charge in [-0.25, -0.2) is 4.98 Å². The number of rotatable bonds is 8. The first-order valence-electron chi connectivity index (χ1n) is 12.5. The molecule has 1 saturated heterocycles. The third-order valence-corrected chi connectivity index (χ3v) is 8.31. The third-order valence-electron chi connectivity index (χ3n) is 6.34. The van der Waals surface area contributed by atoms with Crippen molar-refractivity contribution in [3.63, 3.8) is 0 Å². The molecule has 0 atom stereocenters. The summed E-state index contributed by atoms with van der Waals surface area (Å²) in [4.78, 5) is 35.6. The lowest BCUT2D eigenvalue weighted by Gasteiger charge is -2.30. The Balaban J connectivity index is 1.28. The van der Waals surface area contributed by atoms with Gasteiger partial charge in [-0.2, -0.15) is 0 Å². The highest BCUT2D eigenvalue weighted by Crippen LogP contribution is 2.30. The Morgan fingerprint density at radius 3 is 2.63 bits per heavy atom. The molecule has 5 rings (SSSR count). The zero-order valence-electron chi connectivity index (χ0n) is 21.2. The molecule has 0 bridgehead atoms. The number of aromatic nitrogens is 5. The van der Waals surface area contributed by atoms with Crippen LogP contribution >= 0.6 is 23.1 Å². The Morgan fingerprint density at radius 2 is 1.92 bits per heavy atom. The van der Waals surface area contributed by atoms with E-state index in [1.807, 2.05) is 28.8 Å². The van der Waals surface area contributed by atoms with Crippen LogP contribution in [0.15, 0.2) is 59.3 Å². The van der Waals surface area contributed by atoms with Crippen molar-refractivity contribution < 1.29 is 14.3 Å². The number of thiazole rings is 1. The molecule has 1 aromatic carbocycles. The summed E-state index contributed by atoms with van der Waals surface area (Å²) in [5.74, 6) is 0.869.